The van der Waals surface area contributed by atoms with Crippen LogP contribution in [0.5, 0.6) is 5.75 Å². The van der Waals surface area contributed by atoms with Crippen LogP contribution in [0.1, 0.15) is 27.5 Å². The zero-order valence-electron chi connectivity index (χ0n) is 11.8. The molecule has 1 aliphatic heterocycles. The van der Waals surface area contributed by atoms with E-state index in [1.54, 1.807) is 17.4 Å². The molecule has 1 aromatic carbocycles. The number of methoxy groups -OCH3 is 1. The summed E-state index contributed by atoms with van der Waals surface area (Å²) in [5.74, 6) is 0.763. The lowest BCUT2D eigenvalue weighted by atomic mass is 10.0. The summed E-state index contributed by atoms with van der Waals surface area (Å²) in [4.78, 5) is 18.7. The maximum absolute atomic E-state index is 12.6. The van der Waals surface area contributed by atoms with Gasteiger partial charge in [-0.05, 0) is 36.6 Å². The molecule has 0 atom stereocenters. The molecule has 0 fully saturated rings. The molecule has 0 aliphatic carbocycles. The number of thiazole rings is 1. The third kappa shape index (κ3) is 2.64. The minimum absolute atomic E-state index is 0.0583. The Morgan fingerprint density at radius 2 is 2.38 bits per heavy atom. The molecule has 2 aromatic rings. The van der Waals surface area contributed by atoms with E-state index in [4.69, 9.17) is 10.5 Å². The van der Waals surface area contributed by atoms with Gasteiger partial charge in [0.25, 0.3) is 5.91 Å². The lowest BCUT2D eigenvalue weighted by Gasteiger charge is -2.29. The number of hydrogen-bond acceptors (Lipinski definition) is 5. The van der Waals surface area contributed by atoms with Gasteiger partial charge < -0.3 is 15.4 Å². The van der Waals surface area contributed by atoms with Crippen LogP contribution >= 0.6 is 11.3 Å². The average molecular weight is 303 g/mol. The van der Waals surface area contributed by atoms with Gasteiger partial charge in [0.15, 0.2) is 0 Å². The molecule has 3 rings (SSSR count). The molecule has 5 nitrogen and oxygen atoms in total. The van der Waals surface area contributed by atoms with E-state index < -0.39 is 0 Å². The first-order valence-electron chi connectivity index (χ1n) is 6.86. The van der Waals surface area contributed by atoms with E-state index >= 15 is 0 Å². The molecule has 0 saturated heterocycles. The molecule has 21 heavy (non-hydrogen) atoms. The van der Waals surface area contributed by atoms with Crippen LogP contribution in [0.4, 0.5) is 5.69 Å². The highest BCUT2D eigenvalue weighted by Crippen LogP contribution is 2.31. The zero-order chi connectivity index (χ0) is 14.8. The molecular weight excluding hydrogens is 286 g/mol. The topological polar surface area (TPSA) is 68.5 Å². The first-order chi connectivity index (χ1) is 10.2. The molecule has 1 amide bonds. The molecule has 0 radical (unpaired) electrons. The summed E-state index contributed by atoms with van der Waals surface area (Å²) in [7, 11) is 1.65. The number of ether oxygens (including phenoxy) is 1. The highest BCUT2D eigenvalue weighted by Gasteiger charge is 2.25. The average Bonchev–Trinajstić information content (AvgIpc) is 3.02. The third-order valence-electron chi connectivity index (χ3n) is 3.60. The van der Waals surface area contributed by atoms with Gasteiger partial charge >= 0.3 is 0 Å². The first-order valence-corrected chi connectivity index (χ1v) is 7.74. The van der Waals surface area contributed by atoms with Crippen molar-refractivity contribution in [3.63, 3.8) is 0 Å². The second-order valence-electron chi connectivity index (χ2n) is 4.89. The number of benzene rings is 1. The Labute approximate surface area is 127 Å². The monoisotopic (exact) mass is 303 g/mol. The molecule has 6 heteroatoms. The fourth-order valence-electron chi connectivity index (χ4n) is 2.55. The largest absolute Gasteiger partial charge is 0.497 e. The van der Waals surface area contributed by atoms with Gasteiger partial charge in [-0.15, -0.1) is 11.3 Å². The van der Waals surface area contributed by atoms with Crippen molar-refractivity contribution in [3.05, 3.63) is 39.8 Å². The highest BCUT2D eigenvalue weighted by molar-refractivity contribution is 7.09. The van der Waals surface area contributed by atoms with Crippen LogP contribution in [-0.4, -0.2) is 24.5 Å². The molecule has 110 valence electrons. The lowest BCUT2D eigenvalue weighted by molar-refractivity contribution is 0.0981. The fraction of sp³-hybridized carbons (Fsp3) is 0.333. The van der Waals surface area contributed by atoms with Gasteiger partial charge in [-0.25, -0.2) is 4.98 Å². The standard InChI is InChI=1S/C15H17N3O2S/c1-20-11-4-5-13-10(7-11)3-2-6-18(13)15(19)12-9-21-14(8-16)17-12/h4-5,7,9H,2-3,6,8,16H2,1H3. The summed E-state index contributed by atoms with van der Waals surface area (Å²) >= 11 is 1.43. The van der Waals surface area contributed by atoms with E-state index in [2.05, 4.69) is 4.98 Å². The molecule has 1 aromatic heterocycles. The van der Waals surface area contributed by atoms with E-state index in [0.29, 0.717) is 18.8 Å². The molecule has 1 aliphatic rings. The Morgan fingerprint density at radius 1 is 1.52 bits per heavy atom. The number of aromatic nitrogens is 1. The Morgan fingerprint density at radius 3 is 3.10 bits per heavy atom. The normalized spacial score (nSPS) is 13.9. The van der Waals surface area contributed by atoms with Crippen LogP contribution in [0.25, 0.3) is 0 Å². The van der Waals surface area contributed by atoms with E-state index in [-0.39, 0.29) is 5.91 Å². The Hall–Kier alpha value is -1.92. The predicted molar refractivity (Wildman–Crippen MR) is 83.0 cm³/mol. The number of aryl methyl sites for hydroxylation is 1. The number of carbonyl (C=O) groups excluding carboxylic acids is 1. The van der Waals surface area contributed by atoms with Crippen LogP contribution in [0, 0.1) is 0 Å². The maximum Gasteiger partial charge on any atom is 0.277 e. The van der Waals surface area contributed by atoms with Crippen molar-refractivity contribution in [2.24, 2.45) is 5.73 Å². The summed E-state index contributed by atoms with van der Waals surface area (Å²) in [5, 5.41) is 2.56. The summed E-state index contributed by atoms with van der Waals surface area (Å²) in [6, 6.07) is 5.83. The summed E-state index contributed by atoms with van der Waals surface area (Å²) in [6.45, 7) is 1.08. The van der Waals surface area contributed by atoms with E-state index in [0.717, 1.165) is 34.8 Å². The second kappa shape index (κ2) is 5.83. The SMILES string of the molecule is COc1ccc2c(c1)CCCN2C(=O)c1csc(CN)n1. The van der Waals surface area contributed by atoms with Gasteiger partial charge in [0.1, 0.15) is 16.5 Å². The van der Waals surface area contributed by atoms with Crippen LogP contribution in [0.3, 0.4) is 0 Å². The second-order valence-corrected chi connectivity index (χ2v) is 5.83. The molecule has 0 spiro atoms. The Bertz CT molecular complexity index is 669. The zero-order valence-corrected chi connectivity index (χ0v) is 12.7. The van der Waals surface area contributed by atoms with E-state index in [9.17, 15) is 4.79 Å². The minimum Gasteiger partial charge on any atom is -0.497 e. The van der Waals surface area contributed by atoms with Crippen molar-refractivity contribution in [2.45, 2.75) is 19.4 Å². The van der Waals surface area contributed by atoms with Gasteiger partial charge in [-0.2, -0.15) is 0 Å². The number of nitrogens with zero attached hydrogens (tertiary/aromatic N) is 2. The summed E-state index contributed by atoms with van der Waals surface area (Å²) in [6.07, 6.45) is 1.90. The number of amides is 1. The first kappa shape index (κ1) is 14.0. The predicted octanol–water partition coefficient (Wildman–Crippen LogP) is 2.20. The van der Waals surface area contributed by atoms with Gasteiger partial charge in [0, 0.05) is 24.2 Å². The van der Waals surface area contributed by atoms with Crippen molar-refractivity contribution < 1.29 is 9.53 Å². The molecule has 2 heterocycles. The van der Waals surface area contributed by atoms with Crippen molar-refractivity contribution in [1.29, 1.82) is 0 Å². The number of anilines is 1. The Balaban J connectivity index is 1.92. The third-order valence-corrected chi connectivity index (χ3v) is 4.47. The van der Waals surface area contributed by atoms with Gasteiger partial charge in [0.2, 0.25) is 0 Å². The highest BCUT2D eigenvalue weighted by atomic mass is 32.1. The lowest BCUT2D eigenvalue weighted by Crippen LogP contribution is -2.35. The number of fused-ring (bicyclic) bond motifs is 1. The summed E-state index contributed by atoms with van der Waals surface area (Å²) < 4.78 is 5.25. The maximum atomic E-state index is 12.6. The minimum atomic E-state index is -0.0583. The number of carbonyl (C=O) groups is 1. The van der Waals surface area contributed by atoms with Crippen LogP contribution < -0.4 is 15.4 Å². The van der Waals surface area contributed by atoms with Crippen LogP contribution in [-0.2, 0) is 13.0 Å². The fourth-order valence-corrected chi connectivity index (χ4v) is 3.20. The summed E-state index contributed by atoms with van der Waals surface area (Å²) in [5.41, 5.74) is 8.13. The van der Waals surface area contributed by atoms with Crippen molar-refractivity contribution in [3.8, 4) is 5.75 Å². The van der Waals surface area contributed by atoms with Crippen molar-refractivity contribution >= 4 is 22.9 Å². The van der Waals surface area contributed by atoms with Gasteiger partial charge in [-0.3, -0.25) is 4.79 Å². The van der Waals surface area contributed by atoms with Crippen molar-refractivity contribution in [2.75, 3.05) is 18.6 Å². The van der Waals surface area contributed by atoms with E-state index in [1.807, 2.05) is 18.2 Å². The van der Waals surface area contributed by atoms with Gasteiger partial charge in [-0.1, -0.05) is 0 Å². The van der Waals surface area contributed by atoms with Gasteiger partial charge in [0.05, 0.1) is 7.11 Å². The number of nitrogens with two attached hydrogens (primary N) is 1. The smallest absolute Gasteiger partial charge is 0.277 e. The van der Waals surface area contributed by atoms with Crippen molar-refractivity contribution in [1.82, 2.24) is 4.98 Å². The number of hydrogen-bond donors (Lipinski definition) is 1. The number of rotatable bonds is 3. The van der Waals surface area contributed by atoms with Crippen LogP contribution in [0.2, 0.25) is 0 Å². The quantitative estimate of drug-likeness (QED) is 0.944. The molecule has 0 saturated carbocycles. The molecular formula is C15H17N3O2S. The molecule has 2 N–H and O–H groups in total. The molecule has 0 bridgehead atoms. The van der Waals surface area contributed by atoms with E-state index in [1.165, 1.54) is 11.3 Å². The van der Waals surface area contributed by atoms with Crippen LogP contribution in [0.15, 0.2) is 23.6 Å². The molecule has 0 unspecified atom stereocenters. The Kier molecular flexibility index (Phi) is 3.90.